The molecule has 4 fully saturated rings. The van der Waals surface area contributed by atoms with Gasteiger partial charge in [0.05, 0.1) is 6.26 Å². The third-order valence-electron chi connectivity index (χ3n) is 5.67. The van der Waals surface area contributed by atoms with Crippen molar-refractivity contribution in [2.24, 2.45) is 23.7 Å². The van der Waals surface area contributed by atoms with Gasteiger partial charge in [-0.15, -0.1) is 0 Å². The van der Waals surface area contributed by atoms with E-state index in [1.165, 1.54) is 43.7 Å². The van der Waals surface area contributed by atoms with Crippen LogP contribution in [-0.4, -0.2) is 4.89 Å². The number of ether oxygens (including phenoxy) is 1. The number of allylic oxidation sites excluding steroid dienone is 1. The molecule has 4 aliphatic rings. The predicted molar refractivity (Wildman–Crippen MR) is 91.8 cm³/mol. The average Bonchev–Trinajstić information content (AvgIpc) is 2.48. The molecule has 1 atom stereocenters. The van der Waals surface area contributed by atoms with E-state index in [0.29, 0.717) is 18.4 Å². The Balaban J connectivity index is 0.00000121. The molecule has 4 N–H and O–H groups in total. The minimum atomic E-state index is -4.77. The number of rotatable bonds is 5. The predicted octanol–water partition coefficient (Wildman–Crippen LogP) is 0.549. The van der Waals surface area contributed by atoms with Gasteiger partial charge in [-0.2, -0.15) is 0 Å². The fourth-order valence-electron chi connectivity index (χ4n) is 4.98. The van der Waals surface area contributed by atoms with Crippen LogP contribution in [-0.2, 0) is 15.9 Å². The first-order valence-electron chi connectivity index (χ1n) is 8.60. The number of phosphoric acid groups is 1. The van der Waals surface area contributed by atoms with Gasteiger partial charge < -0.3 is 25.2 Å². The number of hydrogen-bond acceptors (Lipinski definition) is 5. The van der Waals surface area contributed by atoms with E-state index in [1.807, 2.05) is 12.3 Å². The molecule has 4 bridgehead atoms. The van der Waals surface area contributed by atoms with Crippen LogP contribution in [0.5, 0.6) is 5.75 Å². The maximum atomic E-state index is 10.8. The average molecular weight is 389 g/mol. The maximum absolute atomic E-state index is 10.8. The summed E-state index contributed by atoms with van der Waals surface area (Å²) >= 11 is 0. The SMILES string of the molecule is N.O=P([O-])(O)Oc1cccc(COC=C2C3CC4CC(C3)CC2C4)c1.[Na+]. The summed E-state index contributed by atoms with van der Waals surface area (Å²) in [4.78, 5) is 19.6. The van der Waals surface area contributed by atoms with Gasteiger partial charge >= 0.3 is 37.4 Å². The van der Waals surface area contributed by atoms with Crippen molar-refractivity contribution in [3.05, 3.63) is 41.7 Å². The Hall–Kier alpha value is -0.330. The van der Waals surface area contributed by atoms with E-state index < -0.39 is 7.82 Å². The van der Waals surface area contributed by atoms with Gasteiger partial charge in [-0.05, 0) is 79.0 Å². The largest absolute Gasteiger partial charge is 1.00 e. The molecule has 0 saturated heterocycles. The van der Waals surface area contributed by atoms with Crippen molar-refractivity contribution in [1.82, 2.24) is 6.15 Å². The van der Waals surface area contributed by atoms with Crippen LogP contribution in [0.2, 0.25) is 0 Å². The molecular formula is C18H25NNaO5P. The summed E-state index contributed by atoms with van der Waals surface area (Å²) in [6.07, 6.45) is 8.66. The van der Waals surface area contributed by atoms with Crippen LogP contribution < -0.4 is 45.1 Å². The molecular weight excluding hydrogens is 364 g/mol. The maximum Gasteiger partial charge on any atom is 1.00 e. The Labute approximate surface area is 176 Å². The molecule has 138 valence electrons. The minimum Gasteiger partial charge on any atom is -0.746 e. The van der Waals surface area contributed by atoms with E-state index in [0.717, 1.165) is 17.4 Å². The molecule has 4 saturated carbocycles. The number of hydrogen-bond donors (Lipinski definition) is 2. The first kappa shape index (κ1) is 22.0. The van der Waals surface area contributed by atoms with Crippen LogP contribution in [0, 0.1) is 23.7 Å². The topological polar surface area (TPSA) is 114 Å². The van der Waals surface area contributed by atoms with Crippen molar-refractivity contribution in [3.63, 3.8) is 0 Å². The summed E-state index contributed by atoms with van der Waals surface area (Å²) in [5.41, 5.74) is 2.29. The van der Waals surface area contributed by atoms with Crippen LogP contribution in [0.3, 0.4) is 0 Å². The summed E-state index contributed by atoms with van der Waals surface area (Å²) in [5, 5.41) is 0. The second-order valence-electron chi connectivity index (χ2n) is 7.44. The fourth-order valence-corrected chi connectivity index (χ4v) is 5.36. The van der Waals surface area contributed by atoms with Crippen LogP contribution in [0.4, 0.5) is 0 Å². The zero-order valence-corrected chi connectivity index (χ0v) is 18.1. The standard InChI is InChI=1S/C18H23O5P.H3N.Na/c19-24(20,21)23-17-3-1-2-12(9-17)10-22-11-18-15-5-13-4-14(7-15)8-16(18)6-13;;/h1-3,9,11,13-16H,4-8,10H2,(H2,19,20,21);1H3;/q;;+1/p-1. The molecule has 1 aromatic carbocycles. The van der Waals surface area contributed by atoms with Crippen molar-refractivity contribution >= 4 is 7.82 Å². The van der Waals surface area contributed by atoms with Crippen molar-refractivity contribution < 1.29 is 53.2 Å². The smallest absolute Gasteiger partial charge is 0.746 e. The van der Waals surface area contributed by atoms with E-state index in [-0.39, 0.29) is 41.5 Å². The van der Waals surface area contributed by atoms with Gasteiger partial charge in [0, 0.05) is 0 Å². The normalized spacial score (nSPS) is 30.6. The van der Waals surface area contributed by atoms with Crippen LogP contribution in [0.1, 0.15) is 37.7 Å². The van der Waals surface area contributed by atoms with Crippen LogP contribution in [0.15, 0.2) is 36.1 Å². The molecule has 1 unspecified atom stereocenters. The molecule has 0 heterocycles. The zero-order valence-electron chi connectivity index (χ0n) is 15.2. The zero-order chi connectivity index (χ0) is 16.7. The fraction of sp³-hybridized carbons (Fsp3) is 0.556. The molecule has 5 rings (SSSR count). The van der Waals surface area contributed by atoms with Crippen molar-refractivity contribution in [2.45, 2.75) is 38.7 Å². The van der Waals surface area contributed by atoms with Gasteiger partial charge in [0.2, 0.25) is 0 Å². The second-order valence-corrected chi connectivity index (χ2v) is 8.56. The Morgan fingerprint density at radius 1 is 1.15 bits per heavy atom. The van der Waals surface area contributed by atoms with E-state index >= 15 is 0 Å². The van der Waals surface area contributed by atoms with Gasteiger partial charge in [0.1, 0.15) is 12.4 Å². The molecule has 0 radical (unpaired) electrons. The monoisotopic (exact) mass is 389 g/mol. The molecule has 0 amide bonds. The first-order valence-corrected chi connectivity index (χ1v) is 10.1. The molecule has 6 nitrogen and oxygen atoms in total. The Morgan fingerprint density at radius 2 is 1.77 bits per heavy atom. The quantitative estimate of drug-likeness (QED) is 0.432. The first-order chi connectivity index (χ1) is 11.5. The summed E-state index contributed by atoms with van der Waals surface area (Å²) < 4.78 is 21.1. The van der Waals surface area contributed by atoms with Crippen molar-refractivity contribution in [1.29, 1.82) is 0 Å². The molecule has 1 aromatic rings. The molecule has 4 aliphatic carbocycles. The molecule has 0 aliphatic heterocycles. The summed E-state index contributed by atoms with van der Waals surface area (Å²) in [5.74, 6) is 3.37. The van der Waals surface area contributed by atoms with Gasteiger partial charge in [-0.25, -0.2) is 0 Å². The molecule has 0 aromatic heterocycles. The van der Waals surface area contributed by atoms with E-state index in [9.17, 15) is 9.46 Å². The van der Waals surface area contributed by atoms with Crippen LogP contribution >= 0.6 is 7.82 Å². The van der Waals surface area contributed by atoms with E-state index in [2.05, 4.69) is 4.52 Å². The Bertz CT molecular complexity index is 675. The van der Waals surface area contributed by atoms with Crippen molar-refractivity contribution in [2.75, 3.05) is 0 Å². The molecule has 0 spiro atoms. The molecule has 26 heavy (non-hydrogen) atoms. The third kappa shape index (κ3) is 5.14. The Kier molecular flexibility index (Phi) is 7.42. The van der Waals surface area contributed by atoms with Gasteiger partial charge in [-0.1, -0.05) is 12.1 Å². The summed E-state index contributed by atoms with van der Waals surface area (Å²) in [6, 6.07) is 6.58. The minimum absolute atomic E-state index is 0. The Morgan fingerprint density at radius 3 is 2.35 bits per heavy atom. The summed E-state index contributed by atoms with van der Waals surface area (Å²) in [7, 11) is -4.77. The third-order valence-corrected chi connectivity index (χ3v) is 6.11. The number of benzene rings is 1. The molecule has 8 heteroatoms. The van der Waals surface area contributed by atoms with Gasteiger partial charge in [-0.3, -0.25) is 4.57 Å². The van der Waals surface area contributed by atoms with E-state index in [1.54, 1.807) is 12.1 Å². The van der Waals surface area contributed by atoms with Crippen LogP contribution in [0.25, 0.3) is 0 Å². The van der Waals surface area contributed by atoms with Crippen molar-refractivity contribution in [3.8, 4) is 5.75 Å². The van der Waals surface area contributed by atoms with E-state index in [4.69, 9.17) is 9.63 Å². The number of phosphoric ester groups is 1. The van der Waals surface area contributed by atoms with Gasteiger partial charge in [0.25, 0.3) is 0 Å². The summed E-state index contributed by atoms with van der Waals surface area (Å²) in [6.45, 7) is 0.363. The second kappa shape index (κ2) is 8.78. The van der Waals surface area contributed by atoms with Gasteiger partial charge in [0.15, 0.2) is 0 Å².